The molecular weight excluding hydrogens is 333 g/mol. The van der Waals surface area contributed by atoms with E-state index >= 15 is 0 Å². The summed E-state index contributed by atoms with van der Waals surface area (Å²) < 4.78 is 40.9. The van der Waals surface area contributed by atoms with Crippen LogP contribution in [0.3, 0.4) is 0 Å². The van der Waals surface area contributed by atoms with Crippen molar-refractivity contribution in [1.82, 2.24) is 0 Å². The SMILES string of the molecule is NS(=O)(=O)c1ccc(Cl)c(C(=O)OCc2ccccc2F)c1. The number of carbonyl (C=O) groups excluding carboxylic acids is 1. The fourth-order valence-electron chi connectivity index (χ4n) is 1.67. The van der Waals surface area contributed by atoms with Crippen molar-refractivity contribution < 1.29 is 22.3 Å². The highest BCUT2D eigenvalue weighted by atomic mass is 35.5. The summed E-state index contributed by atoms with van der Waals surface area (Å²) in [6.07, 6.45) is 0. The minimum absolute atomic E-state index is 0.00549. The molecule has 0 amide bonds. The van der Waals surface area contributed by atoms with Crippen LogP contribution < -0.4 is 5.14 Å². The number of esters is 1. The maximum absolute atomic E-state index is 13.4. The van der Waals surface area contributed by atoms with Crippen LogP contribution >= 0.6 is 11.6 Å². The van der Waals surface area contributed by atoms with Crippen molar-refractivity contribution in [1.29, 1.82) is 0 Å². The normalized spacial score (nSPS) is 11.2. The van der Waals surface area contributed by atoms with Gasteiger partial charge < -0.3 is 4.74 Å². The molecule has 116 valence electrons. The van der Waals surface area contributed by atoms with Crippen LogP contribution in [0.25, 0.3) is 0 Å². The van der Waals surface area contributed by atoms with Crippen LogP contribution in [0.5, 0.6) is 0 Å². The van der Waals surface area contributed by atoms with E-state index in [1.165, 1.54) is 30.3 Å². The van der Waals surface area contributed by atoms with E-state index in [1.54, 1.807) is 6.07 Å². The highest BCUT2D eigenvalue weighted by molar-refractivity contribution is 7.89. The highest BCUT2D eigenvalue weighted by Crippen LogP contribution is 2.21. The molecule has 0 aromatic heterocycles. The van der Waals surface area contributed by atoms with Crippen molar-refractivity contribution in [2.24, 2.45) is 5.14 Å². The zero-order chi connectivity index (χ0) is 16.3. The van der Waals surface area contributed by atoms with Gasteiger partial charge in [-0.15, -0.1) is 0 Å². The number of halogens is 2. The van der Waals surface area contributed by atoms with Crippen molar-refractivity contribution in [2.45, 2.75) is 11.5 Å². The Labute approximate surface area is 131 Å². The summed E-state index contributed by atoms with van der Waals surface area (Å²) in [6.45, 7) is -0.304. The number of carbonyl (C=O) groups is 1. The first-order chi connectivity index (χ1) is 10.3. The monoisotopic (exact) mass is 343 g/mol. The lowest BCUT2D eigenvalue weighted by molar-refractivity contribution is 0.0469. The molecule has 0 heterocycles. The summed E-state index contributed by atoms with van der Waals surface area (Å²) in [6, 6.07) is 9.21. The Morgan fingerprint density at radius 3 is 2.55 bits per heavy atom. The van der Waals surface area contributed by atoms with E-state index in [0.29, 0.717) is 0 Å². The molecule has 0 fully saturated rings. The van der Waals surface area contributed by atoms with Crippen molar-refractivity contribution in [3.05, 3.63) is 64.4 Å². The van der Waals surface area contributed by atoms with Crippen molar-refractivity contribution >= 4 is 27.6 Å². The Hall–Kier alpha value is -1.96. The Morgan fingerprint density at radius 2 is 1.91 bits per heavy atom. The van der Waals surface area contributed by atoms with Gasteiger partial charge in [-0.2, -0.15) is 0 Å². The van der Waals surface area contributed by atoms with E-state index in [2.05, 4.69) is 0 Å². The molecule has 0 saturated heterocycles. The van der Waals surface area contributed by atoms with Gasteiger partial charge in [-0.1, -0.05) is 29.8 Å². The van der Waals surface area contributed by atoms with Crippen LogP contribution in [-0.4, -0.2) is 14.4 Å². The van der Waals surface area contributed by atoms with Gasteiger partial charge in [-0.05, 0) is 24.3 Å². The second-order valence-corrected chi connectivity index (χ2v) is 6.32. The fraction of sp³-hybridized carbons (Fsp3) is 0.0714. The Bertz CT molecular complexity index is 823. The second-order valence-electron chi connectivity index (χ2n) is 4.35. The molecular formula is C14H11ClFNO4S. The van der Waals surface area contributed by atoms with Gasteiger partial charge in [0.2, 0.25) is 10.0 Å². The molecule has 2 aromatic rings. The summed E-state index contributed by atoms with van der Waals surface area (Å²) in [7, 11) is -3.98. The first-order valence-corrected chi connectivity index (χ1v) is 7.94. The molecule has 2 N–H and O–H groups in total. The molecule has 0 atom stereocenters. The van der Waals surface area contributed by atoms with Crippen LogP contribution in [-0.2, 0) is 21.4 Å². The van der Waals surface area contributed by atoms with Gasteiger partial charge in [0, 0.05) is 5.56 Å². The number of hydrogen-bond acceptors (Lipinski definition) is 4. The number of ether oxygens (including phenoxy) is 1. The van der Waals surface area contributed by atoms with E-state index in [4.69, 9.17) is 21.5 Å². The largest absolute Gasteiger partial charge is 0.457 e. The Balaban J connectivity index is 2.21. The van der Waals surface area contributed by atoms with Crippen LogP contribution in [0.2, 0.25) is 5.02 Å². The number of nitrogens with two attached hydrogens (primary N) is 1. The molecule has 0 aliphatic heterocycles. The number of sulfonamides is 1. The number of primary sulfonamides is 1. The van der Waals surface area contributed by atoms with Gasteiger partial charge in [0.05, 0.1) is 15.5 Å². The molecule has 2 aromatic carbocycles. The van der Waals surface area contributed by atoms with Crippen LogP contribution in [0, 0.1) is 5.82 Å². The number of benzene rings is 2. The summed E-state index contributed by atoms with van der Waals surface area (Å²) in [5.74, 6) is -1.39. The average molecular weight is 344 g/mol. The zero-order valence-corrected chi connectivity index (χ0v) is 12.7. The molecule has 2 rings (SSSR count). The molecule has 0 aliphatic rings. The van der Waals surface area contributed by atoms with Crippen molar-refractivity contribution in [3.8, 4) is 0 Å². The quantitative estimate of drug-likeness (QED) is 0.864. The Morgan fingerprint density at radius 1 is 1.23 bits per heavy atom. The molecule has 8 heteroatoms. The third-order valence-electron chi connectivity index (χ3n) is 2.80. The summed E-state index contributed by atoms with van der Waals surface area (Å²) in [5.41, 5.74) is 0.0269. The lowest BCUT2D eigenvalue weighted by atomic mass is 10.2. The van der Waals surface area contributed by atoms with Gasteiger partial charge in [-0.3, -0.25) is 0 Å². The molecule has 0 radical (unpaired) electrons. The second kappa shape index (κ2) is 6.43. The molecule has 0 bridgehead atoms. The summed E-state index contributed by atoms with van der Waals surface area (Å²) in [5, 5.41) is 4.99. The predicted molar refractivity (Wildman–Crippen MR) is 78.3 cm³/mol. The van der Waals surface area contributed by atoms with E-state index in [0.717, 1.165) is 6.07 Å². The van der Waals surface area contributed by atoms with Gasteiger partial charge >= 0.3 is 5.97 Å². The summed E-state index contributed by atoms with van der Waals surface area (Å²) in [4.78, 5) is 11.7. The highest BCUT2D eigenvalue weighted by Gasteiger charge is 2.17. The Kier molecular flexibility index (Phi) is 4.80. The molecule has 5 nitrogen and oxygen atoms in total. The van der Waals surface area contributed by atoms with Gasteiger partial charge in [-0.25, -0.2) is 22.7 Å². The third kappa shape index (κ3) is 3.82. The zero-order valence-electron chi connectivity index (χ0n) is 11.1. The van der Waals surface area contributed by atoms with Crippen LogP contribution in [0.15, 0.2) is 47.4 Å². The molecule has 0 unspecified atom stereocenters. The molecule has 0 saturated carbocycles. The molecule has 0 spiro atoms. The minimum Gasteiger partial charge on any atom is -0.457 e. The van der Waals surface area contributed by atoms with Crippen molar-refractivity contribution in [3.63, 3.8) is 0 Å². The average Bonchev–Trinajstić information content (AvgIpc) is 2.45. The first-order valence-electron chi connectivity index (χ1n) is 6.02. The standard InChI is InChI=1S/C14H11ClFNO4S/c15-12-6-5-10(22(17,19)20)7-11(12)14(18)21-8-9-3-1-2-4-13(9)16/h1-7H,8H2,(H2,17,19,20). The topological polar surface area (TPSA) is 86.5 Å². The third-order valence-corrected chi connectivity index (χ3v) is 4.04. The van der Waals surface area contributed by atoms with Gasteiger partial charge in [0.25, 0.3) is 0 Å². The lowest BCUT2D eigenvalue weighted by Gasteiger charge is -2.08. The van der Waals surface area contributed by atoms with E-state index in [-0.39, 0.29) is 27.7 Å². The van der Waals surface area contributed by atoms with Gasteiger partial charge in [0.15, 0.2) is 0 Å². The van der Waals surface area contributed by atoms with Crippen LogP contribution in [0.1, 0.15) is 15.9 Å². The minimum atomic E-state index is -3.98. The smallest absolute Gasteiger partial charge is 0.340 e. The number of rotatable bonds is 4. The fourth-order valence-corrected chi connectivity index (χ4v) is 2.41. The van der Waals surface area contributed by atoms with E-state index < -0.39 is 21.8 Å². The van der Waals surface area contributed by atoms with Gasteiger partial charge in [0.1, 0.15) is 12.4 Å². The lowest BCUT2D eigenvalue weighted by Crippen LogP contribution is -2.14. The van der Waals surface area contributed by atoms with Crippen molar-refractivity contribution in [2.75, 3.05) is 0 Å². The maximum Gasteiger partial charge on any atom is 0.340 e. The first kappa shape index (κ1) is 16.4. The molecule has 22 heavy (non-hydrogen) atoms. The van der Waals surface area contributed by atoms with E-state index in [9.17, 15) is 17.6 Å². The predicted octanol–water partition coefficient (Wildman–Crippen LogP) is 2.48. The van der Waals surface area contributed by atoms with Crippen LogP contribution in [0.4, 0.5) is 4.39 Å². The maximum atomic E-state index is 13.4. The number of hydrogen-bond donors (Lipinski definition) is 1. The summed E-state index contributed by atoms with van der Waals surface area (Å²) >= 11 is 5.84. The molecule has 0 aliphatic carbocycles. The van der Waals surface area contributed by atoms with E-state index in [1.807, 2.05) is 0 Å².